The second kappa shape index (κ2) is 8.13. The molecule has 160 valence electrons. The van der Waals surface area contributed by atoms with Crippen molar-refractivity contribution in [3.63, 3.8) is 0 Å². The second-order valence-corrected chi connectivity index (χ2v) is 6.93. The molecule has 0 spiro atoms. The molecule has 0 unspecified atom stereocenters. The van der Waals surface area contributed by atoms with Crippen LogP contribution in [0, 0.1) is 17.5 Å². The molecule has 4 rings (SSSR count). The Hall–Kier alpha value is -3.82. The van der Waals surface area contributed by atoms with Crippen LogP contribution in [0.5, 0.6) is 0 Å². The summed E-state index contributed by atoms with van der Waals surface area (Å²) >= 11 is 0. The zero-order chi connectivity index (χ0) is 22.1. The van der Waals surface area contributed by atoms with Crippen LogP contribution in [-0.2, 0) is 4.79 Å². The molecule has 0 fully saturated rings. The quantitative estimate of drug-likeness (QED) is 0.486. The molecular formula is C21H18F3N5O2. The summed E-state index contributed by atoms with van der Waals surface area (Å²) in [6.45, 7) is 0.323. The van der Waals surface area contributed by atoms with Gasteiger partial charge in [-0.1, -0.05) is 5.10 Å². The van der Waals surface area contributed by atoms with Crippen LogP contribution >= 0.6 is 0 Å². The highest BCUT2D eigenvalue weighted by Gasteiger charge is 2.23. The molecule has 0 atom stereocenters. The minimum absolute atomic E-state index is 0.0253. The lowest BCUT2D eigenvalue weighted by Crippen LogP contribution is -2.26. The fourth-order valence-corrected chi connectivity index (χ4v) is 3.24. The number of anilines is 1. The van der Waals surface area contributed by atoms with Crippen molar-refractivity contribution in [2.45, 2.75) is 6.42 Å². The van der Waals surface area contributed by atoms with E-state index >= 15 is 0 Å². The average Bonchev–Trinajstić information content (AvgIpc) is 3.37. The summed E-state index contributed by atoms with van der Waals surface area (Å²) in [5.41, 5.74) is 1.25. The van der Waals surface area contributed by atoms with Gasteiger partial charge in [-0.2, -0.15) is 0 Å². The largest absolute Gasteiger partial charge is 0.403 e. The minimum atomic E-state index is -0.785. The fourth-order valence-electron chi connectivity index (χ4n) is 3.24. The summed E-state index contributed by atoms with van der Waals surface area (Å²) in [6.07, 6.45) is 0.217. The molecule has 4 aromatic rings. The molecule has 0 saturated heterocycles. The van der Waals surface area contributed by atoms with Gasteiger partial charge in [0.25, 0.3) is 5.89 Å². The molecule has 0 aliphatic heterocycles. The standard InChI is InChI=1S/C21H18F3N5O2/c1-25-16(30)7-8-29(2)21-28-27-20(31-21)17-14-9-13(23)10-15(24)19(14)26-18(17)11-3-5-12(22)6-4-11/h3-6,9-10,26H,7-8H2,1-2H3,(H,25,30). The number of benzene rings is 2. The highest BCUT2D eigenvalue weighted by Crippen LogP contribution is 2.39. The minimum Gasteiger partial charge on any atom is -0.403 e. The van der Waals surface area contributed by atoms with Crippen molar-refractivity contribution in [2.24, 2.45) is 0 Å². The molecule has 2 N–H and O–H groups in total. The summed E-state index contributed by atoms with van der Waals surface area (Å²) < 4.78 is 47.6. The van der Waals surface area contributed by atoms with E-state index in [9.17, 15) is 18.0 Å². The van der Waals surface area contributed by atoms with Gasteiger partial charge in [0, 0.05) is 38.5 Å². The maximum absolute atomic E-state index is 14.4. The molecule has 2 heterocycles. The monoisotopic (exact) mass is 429 g/mol. The lowest BCUT2D eigenvalue weighted by molar-refractivity contribution is -0.120. The van der Waals surface area contributed by atoms with E-state index < -0.39 is 17.5 Å². The normalized spacial score (nSPS) is 11.1. The van der Waals surface area contributed by atoms with Crippen LogP contribution in [0.4, 0.5) is 19.2 Å². The number of carbonyl (C=O) groups is 1. The van der Waals surface area contributed by atoms with Crippen molar-refractivity contribution < 1.29 is 22.4 Å². The number of aromatic nitrogens is 3. The van der Waals surface area contributed by atoms with E-state index in [1.165, 1.54) is 24.3 Å². The van der Waals surface area contributed by atoms with Crippen LogP contribution in [0.1, 0.15) is 6.42 Å². The number of H-pyrrole nitrogens is 1. The zero-order valence-electron chi connectivity index (χ0n) is 16.7. The maximum Gasteiger partial charge on any atom is 0.318 e. The van der Waals surface area contributed by atoms with Crippen molar-refractivity contribution in [1.29, 1.82) is 0 Å². The molecule has 0 aliphatic carbocycles. The smallest absolute Gasteiger partial charge is 0.318 e. The van der Waals surface area contributed by atoms with Gasteiger partial charge in [0.05, 0.1) is 16.8 Å². The predicted octanol–water partition coefficient (Wildman–Crippen LogP) is 3.87. The van der Waals surface area contributed by atoms with Gasteiger partial charge < -0.3 is 19.6 Å². The van der Waals surface area contributed by atoms with Gasteiger partial charge in [-0.05, 0) is 35.9 Å². The third kappa shape index (κ3) is 3.96. The van der Waals surface area contributed by atoms with Crippen LogP contribution in [0.3, 0.4) is 0 Å². The Labute approximate surface area is 174 Å². The first-order valence-corrected chi connectivity index (χ1v) is 9.39. The van der Waals surface area contributed by atoms with Gasteiger partial charge in [0.2, 0.25) is 5.91 Å². The molecule has 0 radical (unpaired) electrons. The van der Waals surface area contributed by atoms with E-state index in [4.69, 9.17) is 4.42 Å². The van der Waals surface area contributed by atoms with Gasteiger partial charge >= 0.3 is 6.01 Å². The topological polar surface area (TPSA) is 87.0 Å². The number of nitrogens with zero attached hydrogens (tertiary/aromatic N) is 3. The number of nitrogens with one attached hydrogen (secondary N) is 2. The van der Waals surface area contributed by atoms with Gasteiger partial charge in [0.1, 0.15) is 17.5 Å². The Balaban J connectivity index is 1.81. The SMILES string of the molecule is CNC(=O)CCN(C)c1nnc(-c2c(-c3ccc(F)cc3)[nH]c3c(F)cc(F)cc23)o1. The van der Waals surface area contributed by atoms with Crippen LogP contribution in [0.25, 0.3) is 33.6 Å². The van der Waals surface area contributed by atoms with Crippen LogP contribution in [0.15, 0.2) is 40.8 Å². The lowest BCUT2D eigenvalue weighted by Gasteiger charge is -2.12. The molecule has 1 amide bonds. The Bertz CT molecular complexity index is 1250. The third-order valence-corrected chi connectivity index (χ3v) is 4.87. The number of rotatable bonds is 6. The summed E-state index contributed by atoms with van der Waals surface area (Å²) in [6, 6.07) is 7.59. The van der Waals surface area contributed by atoms with Crippen molar-refractivity contribution in [1.82, 2.24) is 20.5 Å². The van der Waals surface area contributed by atoms with Gasteiger partial charge in [-0.3, -0.25) is 4.79 Å². The molecule has 2 aromatic heterocycles. The molecule has 0 aliphatic rings. The van der Waals surface area contributed by atoms with E-state index in [2.05, 4.69) is 20.5 Å². The number of hydrogen-bond donors (Lipinski definition) is 2. The van der Waals surface area contributed by atoms with Crippen molar-refractivity contribution in [3.8, 4) is 22.7 Å². The van der Waals surface area contributed by atoms with Gasteiger partial charge in [-0.15, -0.1) is 5.10 Å². The molecule has 31 heavy (non-hydrogen) atoms. The molecule has 10 heteroatoms. The zero-order valence-corrected chi connectivity index (χ0v) is 16.7. The molecular weight excluding hydrogens is 411 g/mol. The summed E-state index contributed by atoms with van der Waals surface area (Å²) in [5.74, 6) is -2.10. The highest BCUT2D eigenvalue weighted by molar-refractivity contribution is 6.02. The second-order valence-electron chi connectivity index (χ2n) is 6.93. The van der Waals surface area contributed by atoms with Gasteiger partial charge in [-0.25, -0.2) is 13.2 Å². The third-order valence-electron chi connectivity index (χ3n) is 4.87. The highest BCUT2D eigenvalue weighted by atomic mass is 19.1. The van der Waals surface area contributed by atoms with Crippen molar-refractivity contribution >= 4 is 22.8 Å². The number of amides is 1. The Morgan fingerprint density at radius 2 is 1.87 bits per heavy atom. The molecule has 7 nitrogen and oxygen atoms in total. The van der Waals surface area contributed by atoms with Gasteiger partial charge in [0.15, 0.2) is 0 Å². The van der Waals surface area contributed by atoms with E-state index in [-0.39, 0.29) is 35.1 Å². The molecule has 0 bridgehead atoms. The van der Waals surface area contributed by atoms with E-state index in [0.29, 0.717) is 23.4 Å². The average molecular weight is 429 g/mol. The van der Waals surface area contributed by atoms with Crippen LogP contribution in [0.2, 0.25) is 0 Å². The Morgan fingerprint density at radius 1 is 1.13 bits per heavy atom. The van der Waals surface area contributed by atoms with Crippen molar-refractivity contribution in [2.75, 3.05) is 25.5 Å². The van der Waals surface area contributed by atoms with Crippen molar-refractivity contribution in [3.05, 3.63) is 53.8 Å². The van der Waals surface area contributed by atoms with Crippen LogP contribution in [-0.4, -0.2) is 41.7 Å². The molecule has 2 aromatic carbocycles. The fraction of sp³-hybridized carbons (Fsp3) is 0.190. The first-order chi connectivity index (χ1) is 14.9. The first-order valence-electron chi connectivity index (χ1n) is 9.39. The molecule has 0 saturated carbocycles. The Morgan fingerprint density at radius 3 is 2.58 bits per heavy atom. The lowest BCUT2D eigenvalue weighted by atomic mass is 10.0. The van der Waals surface area contributed by atoms with E-state index in [1.54, 1.807) is 19.0 Å². The number of aromatic amines is 1. The number of fused-ring (bicyclic) bond motifs is 1. The number of carbonyl (C=O) groups excluding carboxylic acids is 1. The van der Waals surface area contributed by atoms with E-state index in [1.807, 2.05) is 0 Å². The predicted molar refractivity (Wildman–Crippen MR) is 109 cm³/mol. The summed E-state index contributed by atoms with van der Waals surface area (Å²) in [5, 5.41) is 10.8. The first kappa shape index (κ1) is 20.5. The summed E-state index contributed by atoms with van der Waals surface area (Å²) in [4.78, 5) is 16.0. The number of hydrogen-bond acceptors (Lipinski definition) is 5. The number of halogens is 3. The van der Waals surface area contributed by atoms with E-state index in [0.717, 1.165) is 12.1 Å². The maximum atomic E-state index is 14.4. The van der Waals surface area contributed by atoms with Crippen LogP contribution < -0.4 is 10.2 Å². The summed E-state index contributed by atoms with van der Waals surface area (Å²) in [7, 11) is 3.22. The Kier molecular flexibility index (Phi) is 5.37.